The van der Waals surface area contributed by atoms with Crippen molar-refractivity contribution in [3.8, 4) is 5.75 Å². The summed E-state index contributed by atoms with van der Waals surface area (Å²) < 4.78 is 5.65. The fraction of sp³-hybridized carbons (Fsp3) is 0.375. The molecule has 1 unspecified atom stereocenters. The third-order valence-electron chi connectivity index (χ3n) is 3.54. The predicted octanol–water partition coefficient (Wildman–Crippen LogP) is 2.40. The van der Waals surface area contributed by atoms with Crippen molar-refractivity contribution in [1.29, 1.82) is 0 Å². The van der Waals surface area contributed by atoms with Crippen molar-refractivity contribution < 1.29 is 9.53 Å². The van der Waals surface area contributed by atoms with Crippen LogP contribution in [0.15, 0.2) is 29.6 Å². The zero-order chi connectivity index (χ0) is 16.1. The third kappa shape index (κ3) is 4.92. The summed E-state index contributed by atoms with van der Waals surface area (Å²) in [6.45, 7) is 2.21. The normalized spacial score (nSPS) is 17.2. The topological polar surface area (TPSA) is 63.2 Å². The van der Waals surface area contributed by atoms with E-state index in [4.69, 9.17) is 16.3 Å². The predicted molar refractivity (Wildman–Crippen MR) is 91.0 cm³/mol. The van der Waals surface area contributed by atoms with Gasteiger partial charge in [0.2, 0.25) is 5.91 Å². The zero-order valence-electron chi connectivity index (χ0n) is 12.5. The van der Waals surface area contributed by atoms with Crippen LogP contribution >= 0.6 is 22.9 Å². The van der Waals surface area contributed by atoms with Crippen LogP contribution in [0, 0.1) is 0 Å². The van der Waals surface area contributed by atoms with Gasteiger partial charge >= 0.3 is 0 Å². The number of amides is 1. The first-order valence-electron chi connectivity index (χ1n) is 7.51. The van der Waals surface area contributed by atoms with E-state index in [1.54, 1.807) is 12.1 Å². The number of rotatable bonds is 6. The Morgan fingerprint density at radius 1 is 1.43 bits per heavy atom. The molecule has 1 aromatic heterocycles. The maximum Gasteiger partial charge on any atom is 0.226 e. The van der Waals surface area contributed by atoms with E-state index >= 15 is 0 Å². The van der Waals surface area contributed by atoms with Gasteiger partial charge in [0.05, 0.1) is 12.1 Å². The Morgan fingerprint density at radius 2 is 2.26 bits per heavy atom. The number of aromatic nitrogens is 1. The van der Waals surface area contributed by atoms with Gasteiger partial charge in [-0.25, -0.2) is 4.98 Å². The Bertz CT molecular complexity index is 654. The van der Waals surface area contributed by atoms with Crippen molar-refractivity contribution in [2.45, 2.75) is 25.5 Å². The van der Waals surface area contributed by atoms with E-state index in [9.17, 15) is 4.79 Å². The van der Waals surface area contributed by atoms with Gasteiger partial charge in [-0.3, -0.25) is 4.79 Å². The molecule has 3 rings (SSSR count). The van der Waals surface area contributed by atoms with Gasteiger partial charge in [-0.2, -0.15) is 0 Å². The minimum Gasteiger partial charge on any atom is -0.486 e. The highest BCUT2D eigenvalue weighted by Crippen LogP contribution is 2.18. The molecule has 1 amide bonds. The van der Waals surface area contributed by atoms with Crippen LogP contribution in [0.3, 0.4) is 0 Å². The number of thiazole rings is 1. The summed E-state index contributed by atoms with van der Waals surface area (Å²) in [5, 5.41) is 9.69. The second-order valence-corrected chi connectivity index (χ2v) is 6.79. The molecule has 0 saturated carbocycles. The van der Waals surface area contributed by atoms with Crippen molar-refractivity contribution in [3.05, 3.63) is 45.4 Å². The van der Waals surface area contributed by atoms with Crippen molar-refractivity contribution in [3.63, 3.8) is 0 Å². The highest BCUT2D eigenvalue weighted by Gasteiger charge is 2.17. The second-order valence-electron chi connectivity index (χ2n) is 5.41. The number of ether oxygens (including phenoxy) is 1. The summed E-state index contributed by atoms with van der Waals surface area (Å²) in [5.41, 5.74) is 0.785. The molecule has 0 spiro atoms. The molecule has 1 saturated heterocycles. The lowest BCUT2D eigenvalue weighted by molar-refractivity contribution is -0.121. The summed E-state index contributed by atoms with van der Waals surface area (Å²) in [6, 6.07) is 7.45. The molecular weight excluding hydrogens is 334 g/mol. The van der Waals surface area contributed by atoms with Crippen LogP contribution in [0.1, 0.15) is 17.1 Å². The molecule has 1 aliphatic rings. The molecule has 1 aromatic carbocycles. The first kappa shape index (κ1) is 16.2. The van der Waals surface area contributed by atoms with Gasteiger partial charge < -0.3 is 15.4 Å². The van der Waals surface area contributed by atoms with Gasteiger partial charge in [0.25, 0.3) is 0 Å². The summed E-state index contributed by atoms with van der Waals surface area (Å²) in [6.07, 6.45) is 1.30. The third-order valence-corrected chi connectivity index (χ3v) is 4.67. The van der Waals surface area contributed by atoms with Crippen LogP contribution in [0.25, 0.3) is 0 Å². The summed E-state index contributed by atoms with van der Waals surface area (Å²) in [7, 11) is 0. The molecule has 0 radical (unpaired) electrons. The molecule has 0 aliphatic carbocycles. The molecule has 1 fully saturated rings. The fourth-order valence-electron chi connectivity index (χ4n) is 2.39. The quantitative estimate of drug-likeness (QED) is 0.838. The maximum atomic E-state index is 12.0. The van der Waals surface area contributed by atoms with E-state index in [0.29, 0.717) is 18.1 Å². The molecule has 1 aliphatic heterocycles. The molecule has 2 N–H and O–H groups in total. The Labute approximate surface area is 144 Å². The zero-order valence-corrected chi connectivity index (χ0v) is 14.1. The molecule has 0 bridgehead atoms. The first-order chi connectivity index (χ1) is 11.2. The van der Waals surface area contributed by atoms with Crippen LogP contribution in [0.5, 0.6) is 5.75 Å². The number of halogens is 1. The number of hydrogen-bond acceptors (Lipinski definition) is 5. The monoisotopic (exact) mass is 351 g/mol. The van der Waals surface area contributed by atoms with E-state index in [-0.39, 0.29) is 11.9 Å². The van der Waals surface area contributed by atoms with E-state index in [2.05, 4.69) is 15.6 Å². The molecule has 122 valence electrons. The lowest BCUT2D eigenvalue weighted by atomic mass is 10.2. The summed E-state index contributed by atoms with van der Waals surface area (Å²) >= 11 is 7.34. The maximum absolute atomic E-state index is 12.0. The minimum absolute atomic E-state index is 0.0224. The van der Waals surface area contributed by atoms with Gasteiger partial charge in [0, 0.05) is 23.0 Å². The highest BCUT2D eigenvalue weighted by molar-refractivity contribution is 7.09. The van der Waals surface area contributed by atoms with Crippen molar-refractivity contribution >= 4 is 28.8 Å². The second kappa shape index (κ2) is 7.77. The van der Waals surface area contributed by atoms with Crippen LogP contribution in [-0.4, -0.2) is 30.0 Å². The number of hydrogen-bond donors (Lipinski definition) is 2. The molecular formula is C16H18ClN3O2S. The first-order valence-corrected chi connectivity index (χ1v) is 8.76. The molecule has 2 aromatic rings. The largest absolute Gasteiger partial charge is 0.486 e. The number of carbonyl (C=O) groups is 1. The van der Waals surface area contributed by atoms with E-state index in [1.165, 1.54) is 11.3 Å². The van der Waals surface area contributed by atoms with Gasteiger partial charge in [0.1, 0.15) is 17.4 Å². The average molecular weight is 352 g/mol. The number of benzene rings is 1. The highest BCUT2D eigenvalue weighted by atomic mass is 35.5. The Kier molecular flexibility index (Phi) is 5.48. The van der Waals surface area contributed by atoms with Crippen LogP contribution in [-0.2, 0) is 17.8 Å². The molecule has 2 heterocycles. The summed E-state index contributed by atoms with van der Waals surface area (Å²) in [5.74, 6) is 0.770. The van der Waals surface area contributed by atoms with Gasteiger partial charge in [-0.15, -0.1) is 11.3 Å². The molecule has 7 heteroatoms. The van der Waals surface area contributed by atoms with Crippen molar-refractivity contribution in [2.24, 2.45) is 0 Å². The number of carbonyl (C=O) groups excluding carboxylic acids is 1. The standard InChI is InChI=1S/C16H18ClN3O2S/c17-11-1-3-14(4-2-11)22-9-16-20-13(10-23-16)7-15(21)19-12-5-6-18-8-12/h1-4,10,12,18H,5-9H2,(H,19,21). The Hall–Kier alpha value is -1.63. The van der Waals surface area contributed by atoms with E-state index in [1.807, 2.05) is 17.5 Å². The minimum atomic E-state index is 0.0224. The average Bonchev–Trinajstić information content (AvgIpc) is 3.19. The van der Waals surface area contributed by atoms with E-state index in [0.717, 1.165) is 36.0 Å². The van der Waals surface area contributed by atoms with Crippen molar-refractivity contribution in [1.82, 2.24) is 15.6 Å². The van der Waals surface area contributed by atoms with Crippen LogP contribution in [0.2, 0.25) is 5.02 Å². The lowest BCUT2D eigenvalue weighted by Crippen LogP contribution is -2.37. The number of nitrogens with zero attached hydrogens (tertiary/aromatic N) is 1. The van der Waals surface area contributed by atoms with Gasteiger partial charge in [-0.05, 0) is 37.2 Å². The number of nitrogens with one attached hydrogen (secondary N) is 2. The Balaban J connectivity index is 1.47. The van der Waals surface area contributed by atoms with Gasteiger partial charge in [0.15, 0.2) is 0 Å². The molecule has 5 nitrogen and oxygen atoms in total. The van der Waals surface area contributed by atoms with Crippen LogP contribution < -0.4 is 15.4 Å². The van der Waals surface area contributed by atoms with Gasteiger partial charge in [-0.1, -0.05) is 11.6 Å². The molecule has 23 heavy (non-hydrogen) atoms. The van der Waals surface area contributed by atoms with E-state index < -0.39 is 0 Å². The molecule has 1 atom stereocenters. The van der Waals surface area contributed by atoms with Crippen molar-refractivity contribution in [2.75, 3.05) is 13.1 Å². The van der Waals surface area contributed by atoms with Crippen LogP contribution in [0.4, 0.5) is 0 Å². The fourth-order valence-corrected chi connectivity index (χ4v) is 3.22. The summed E-state index contributed by atoms with van der Waals surface area (Å²) in [4.78, 5) is 16.4. The Morgan fingerprint density at radius 3 is 3.00 bits per heavy atom. The SMILES string of the molecule is O=C(Cc1csc(COc2ccc(Cl)cc2)n1)NC1CCNC1. The lowest BCUT2D eigenvalue weighted by Gasteiger charge is -2.10. The smallest absolute Gasteiger partial charge is 0.226 e.